The molecule has 118 valence electrons. The van der Waals surface area contributed by atoms with Crippen molar-refractivity contribution in [1.82, 2.24) is 10.3 Å². The molecule has 1 aromatic carbocycles. The van der Waals surface area contributed by atoms with Crippen LogP contribution in [0.25, 0.3) is 6.08 Å². The number of aromatic nitrogens is 1. The lowest BCUT2D eigenvalue weighted by Gasteiger charge is -2.02. The van der Waals surface area contributed by atoms with Crippen molar-refractivity contribution in [1.29, 1.82) is 0 Å². The zero-order valence-corrected chi connectivity index (χ0v) is 13.2. The summed E-state index contributed by atoms with van der Waals surface area (Å²) in [4.78, 5) is 16.0. The quantitative estimate of drug-likeness (QED) is 0.502. The van der Waals surface area contributed by atoms with Gasteiger partial charge in [-0.15, -0.1) is 11.8 Å². The number of carbonyl (C=O) groups is 1. The molecule has 1 amide bonds. The smallest absolute Gasteiger partial charge is 0.244 e. The number of fused-ring (bicyclic) bond motifs is 1. The summed E-state index contributed by atoms with van der Waals surface area (Å²) in [7, 11) is 0. The molecule has 2 heterocycles. The van der Waals surface area contributed by atoms with Crippen molar-refractivity contribution >= 4 is 23.7 Å². The number of nitrogens with one attached hydrogen (secondary N) is 1. The second kappa shape index (κ2) is 7.69. The standard InChI is InChI=1S/C17H16N2O3S/c20-16(18-9-10-23-17-3-1-2-8-19-17)7-5-13-4-6-14-15(11-13)22-12-21-14/h1-8,11H,9-10,12H2,(H,18,20). The molecule has 0 unspecified atom stereocenters. The third kappa shape index (κ3) is 4.50. The summed E-state index contributed by atoms with van der Waals surface area (Å²) >= 11 is 1.61. The molecule has 0 saturated heterocycles. The van der Waals surface area contributed by atoms with Crippen LogP contribution < -0.4 is 14.8 Å². The maximum absolute atomic E-state index is 11.8. The Hall–Kier alpha value is -2.47. The minimum Gasteiger partial charge on any atom is -0.454 e. The highest BCUT2D eigenvalue weighted by molar-refractivity contribution is 7.99. The van der Waals surface area contributed by atoms with Crippen LogP contribution in [-0.4, -0.2) is 30.0 Å². The number of rotatable bonds is 6. The lowest BCUT2D eigenvalue weighted by Crippen LogP contribution is -2.23. The lowest BCUT2D eigenvalue weighted by atomic mass is 10.2. The summed E-state index contributed by atoms with van der Waals surface area (Å²) in [6.45, 7) is 0.836. The predicted octanol–water partition coefficient (Wildman–Crippen LogP) is 2.73. The molecule has 1 aliphatic rings. The number of nitrogens with zero attached hydrogens (tertiary/aromatic N) is 1. The number of thioether (sulfide) groups is 1. The fourth-order valence-corrected chi connectivity index (χ4v) is 2.73. The molecule has 0 fully saturated rings. The topological polar surface area (TPSA) is 60.5 Å². The molecule has 2 aromatic rings. The fourth-order valence-electron chi connectivity index (χ4n) is 2.01. The Morgan fingerprint density at radius 2 is 2.17 bits per heavy atom. The first-order valence-corrected chi connectivity index (χ1v) is 8.19. The monoisotopic (exact) mass is 328 g/mol. The molecule has 3 rings (SSSR count). The number of hydrogen-bond acceptors (Lipinski definition) is 5. The summed E-state index contributed by atoms with van der Waals surface area (Å²) in [6.07, 6.45) is 5.03. The number of pyridine rings is 1. The van der Waals surface area contributed by atoms with Gasteiger partial charge in [0.25, 0.3) is 0 Å². The van der Waals surface area contributed by atoms with Gasteiger partial charge in [-0.3, -0.25) is 4.79 Å². The molecule has 1 aromatic heterocycles. The molecule has 1 aliphatic heterocycles. The zero-order valence-electron chi connectivity index (χ0n) is 12.4. The third-order valence-electron chi connectivity index (χ3n) is 3.11. The Bertz CT molecular complexity index is 704. The molecular weight excluding hydrogens is 312 g/mol. The summed E-state index contributed by atoms with van der Waals surface area (Å²) in [5, 5.41) is 3.80. The molecule has 6 heteroatoms. The van der Waals surface area contributed by atoms with Gasteiger partial charge < -0.3 is 14.8 Å². The first-order valence-electron chi connectivity index (χ1n) is 7.21. The molecule has 0 spiro atoms. The van der Waals surface area contributed by atoms with Crippen molar-refractivity contribution in [3.63, 3.8) is 0 Å². The van der Waals surface area contributed by atoms with E-state index in [1.54, 1.807) is 24.0 Å². The minimum absolute atomic E-state index is 0.121. The molecule has 0 atom stereocenters. The Morgan fingerprint density at radius 1 is 1.26 bits per heavy atom. The van der Waals surface area contributed by atoms with E-state index in [1.165, 1.54) is 6.08 Å². The van der Waals surface area contributed by atoms with E-state index in [4.69, 9.17) is 9.47 Å². The number of hydrogen-bond donors (Lipinski definition) is 1. The minimum atomic E-state index is -0.121. The summed E-state index contributed by atoms with van der Waals surface area (Å²) in [5.74, 6) is 2.10. The average Bonchev–Trinajstić information content (AvgIpc) is 3.05. The van der Waals surface area contributed by atoms with Gasteiger partial charge in [-0.2, -0.15) is 0 Å². The van der Waals surface area contributed by atoms with Crippen molar-refractivity contribution < 1.29 is 14.3 Å². The maximum atomic E-state index is 11.8. The largest absolute Gasteiger partial charge is 0.454 e. The average molecular weight is 328 g/mol. The number of carbonyl (C=O) groups excluding carboxylic acids is 1. The highest BCUT2D eigenvalue weighted by Crippen LogP contribution is 2.32. The second-order valence-corrected chi connectivity index (χ2v) is 5.87. The van der Waals surface area contributed by atoms with Crippen LogP contribution in [0.2, 0.25) is 0 Å². The highest BCUT2D eigenvalue weighted by Gasteiger charge is 2.12. The van der Waals surface area contributed by atoms with Gasteiger partial charge in [0.1, 0.15) is 0 Å². The van der Waals surface area contributed by atoms with Crippen molar-refractivity contribution in [3.05, 3.63) is 54.2 Å². The van der Waals surface area contributed by atoms with Gasteiger partial charge in [-0.25, -0.2) is 4.98 Å². The molecule has 0 radical (unpaired) electrons. The van der Waals surface area contributed by atoms with E-state index in [-0.39, 0.29) is 12.7 Å². The summed E-state index contributed by atoms with van der Waals surface area (Å²) < 4.78 is 10.6. The molecule has 0 aliphatic carbocycles. The molecule has 0 bridgehead atoms. The van der Waals surface area contributed by atoms with Gasteiger partial charge in [0.05, 0.1) is 5.03 Å². The van der Waals surface area contributed by atoms with Crippen LogP contribution in [0.15, 0.2) is 53.7 Å². The first-order chi connectivity index (χ1) is 11.3. The van der Waals surface area contributed by atoms with Crippen LogP contribution in [0.3, 0.4) is 0 Å². The van der Waals surface area contributed by atoms with Crippen LogP contribution in [0.5, 0.6) is 11.5 Å². The van der Waals surface area contributed by atoms with Crippen LogP contribution in [0, 0.1) is 0 Å². The van der Waals surface area contributed by atoms with Gasteiger partial charge in [0.15, 0.2) is 11.5 Å². The van der Waals surface area contributed by atoms with Crippen LogP contribution in [0.1, 0.15) is 5.56 Å². The molecule has 5 nitrogen and oxygen atoms in total. The highest BCUT2D eigenvalue weighted by atomic mass is 32.2. The third-order valence-corrected chi connectivity index (χ3v) is 4.06. The zero-order chi connectivity index (χ0) is 15.9. The van der Waals surface area contributed by atoms with Gasteiger partial charge >= 0.3 is 0 Å². The molecule has 23 heavy (non-hydrogen) atoms. The van der Waals surface area contributed by atoms with Crippen molar-refractivity contribution in [3.8, 4) is 11.5 Å². The number of benzene rings is 1. The normalized spacial score (nSPS) is 12.5. The van der Waals surface area contributed by atoms with Crippen LogP contribution in [-0.2, 0) is 4.79 Å². The van der Waals surface area contributed by atoms with E-state index in [0.717, 1.165) is 22.1 Å². The Balaban J connectivity index is 1.42. The fraction of sp³-hybridized carbons (Fsp3) is 0.176. The van der Waals surface area contributed by atoms with Crippen LogP contribution >= 0.6 is 11.8 Å². The SMILES string of the molecule is O=C(C=Cc1ccc2c(c1)OCO2)NCCSc1ccccn1. The van der Waals surface area contributed by atoms with Gasteiger partial charge in [-0.1, -0.05) is 12.1 Å². The molecule has 0 saturated carbocycles. The van der Waals surface area contributed by atoms with E-state index in [1.807, 2.05) is 36.4 Å². The van der Waals surface area contributed by atoms with Crippen molar-refractivity contribution in [2.24, 2.45) is 0 Å². The van der Waals surface area contributed by atoms with Gasteiger partial charge in [0.2, 0.25) is 12.7 Å². The lowest BCUT2D eigenvalue weighted by molar-refractivity contribution is -0.116. The summed E-state index contributed by atoms with van der Waals surface area (Å²) in [5.41, 5.74) is 0.896. The van der Waals surface area contributed by atoms with Crippen LogP contribution in [0.4, 0.5) is 0 Å². The molecular formula is C17H16N2O3S. The molecule has 1 N–H and O–H groups in total. The van der Waals surface area contributed by atoms with Crippen molar-refractivity contribution in [2.75, 3.05) is 19.1 Å². The van der Waals surface area contributed by atoms with Gasteiger partial charge in [-0.05, 0) is 35.9 Å². The maximum Gasteiger partial charge on any atom is 0.244 e. The van der Waals surface area contributed by atoms with E-state index in [0.29, 0.717) is 12.3 Å². The summed E-state index contributed by atoms with van der Waals surface area (Å²) in [6, 6.07) is 11.3. The van der Waals surface area contributed by atoms with Gasteiger partial charge in [0, 0.05) is 24.6 Å². The van der Waals surface area contributed by atoms with E-state index < -0.39 is 0 Å². The van der Waals surface area contributed by atoms with E-state index >= 15 is 0 Å². The first kappa shape index (κ1) is 15.4. The number of amides is 1. The Labute approximate surface area is 138 Å². The Morgan fingerprint density at radius 3 is 3.04 bits per heavy atom. The number of ether oxygens (including phenoxy) is 2. The van der Waals surface area contributed by atoms with E-state index in [2.05, 4.69) is 10.3 Å². The second-order valence-electron chi connectivity index (χ2n) is 4.75. The Kier molecular flexibility index (Phi) is 5.16. The predicted molar refractivity (Wildman–Crippen MR) is 89.6 cm³/mol. The van der Waals surface area contributed by atoms with E-state index in [9.17, 15) is 4.79 Å². The van der Waals surface area contributed by atoms with Crippen molar-refractivity contribution in [2.45, 2.75) is 5.03 Å².